The molecule has 1 aromatic carbocycles. The van der Waals surface area contributed by atoms with Gasteiger partial charge in [-0.05, 0) is 43.2 Å². The summed E-state index contributed by atoms with van der Waals surface area (Å²) in [6.45, 7) is 5.98. The van der Waals surface area contributed by atoms with Gasteiger partial charge < -0.3 is 10.2 Å². The topological polar surface area (TPSA) is 53.9 Å². The number of nitrogens with one attached hydrogen (secondary N) is 1. The third-order valence-electron chi connectivity index (χ3n) is 4.16. The van der Waals surface area contributed by atoms with E-state index in [0.717, 1.165) is 29.1 Å². The van der Waals surface area contributed by atoms with E-state index in [1.807, 2.05) is 12.3 Å². The Hall–Kier alpha value is -1.80. The second kappa shape index (κ2) is 8.53. The summed E-state index contributed by atoms with van der Waals surface area (Å²) in [6.07, 6.45) is 5.48. The lowest BCUT2D eigenvalue weighted by Crippen LogP contribution is -2.33. The fourth-order valence-electron chi connectivity index (χ4n) is 2.72. The van der Waals surface area contributed by atoms with Crippen LogP contribution in [0, 0.1) is 6.92 Å². The van der Waals surface area contributed by atoms with Gasteiger partial charge in [-0.1, -0.05) is 34.7 Å². The molecule has 0 aliphatic rings. The van der Waals surface area contributed by atoms with Crippen LogP contribution in [0.1, 0.15) is 24.1 Å². The van der Waals surface area contributed by atoms with Crippen molar-refractivity contribution in [2.24, 2.45) is 0 Å². The number of benzene rings is 1. The number of pyridine rings is 1. The molecular formula is C19H22IN5. The third-order valence-corrected chi connectivity index (χ3v) is 4.98. The molecule has 6 heteroatoms. The Morgan fingerprint density at radius 3 is 2.72 bits per heavy atom. The molecule has 0 amide bonds. The maximum absolute atomic E-state index is 4.53. The average Bonchev–Trinajstić information content (AvgIpc) is 2.65. The van der Waals surface area contributed by atoms with Crippen molar-refractivity contribution in [1.29, 1.82) is 0 Å². The van der Waals surface area contributed by atoms with E-state index in [-0.39, 0.29) is 6.04 Å². The molecule has 0 saturated carbocycles. The average molecular weight is 447 g/mol. The maximum atomic E-state index is 4.53. The lowest BCUT2D eigenvalue weighted by Gasteiger charge is -2.21. The lowest BCUT2D eigenvalue weighted by molar-refractivity contribution is 0.574. The van der Waals surface area contributed by atoms with E-state index >= 15 is 0 Å². The summed E-state index contributed by atoms with van der Waals surface area (Å²) in [7, 11) is 0. The monoisotopic (exact) mass is 447 g/mol. The zero-order valence-electron chi connectivity index (χ0n) is 14.5. The summed E-state index contributed by atoms with van der Waals surface area (Å²) >= 11 is 2.34. The molecule has 25 heavy (non-hydrogen) atoms. The van der Waals surface area contributed by atoms with E-state index < -0.39 is 0 Å². The molecule has 2 aromatic heterocycles. The van der Waals surface area contributed by atoms with E-state index in [1.54, 1.807) is 12.4 Å². The summed E-state index contributed by atoms with van der Waals surface area (Å²) < 4.78 is 0.858. The third kappa shape index (κ3) is 4.64. The number of hydrogen-bond donors (Lipinski definition) is 1. The first-order chi connectivity index (χ1) is 12.2. The second-order valence-corrected chi connectivity index (χ2v) is 6.75. The Morgan fingerprint density at radius 1 is 1.16 bits per heavy atom. The van der Waals surface area contributed by atoms with Gasteiger partial charge in [0.05, 0.1) is 10.1 Å². The van der Waals surface area contributed by atoms with Crippen LogP contribution >= 0.6 is 22.6 Å². The van der Waals surface area contributed by atoms with Crippen LogP contribution in [0.15, 0.2) is 48.9 Å². The van der Waals surface area contributed by atoms with Crippen molar-refractivity contribution in [3.8, 4) is 0 Å². The fraction of sp³-hybridized carbons (Fsp3) is 0.316. The van der Waals surface area contributed by atoms with Gasteiger partial charge in [0.25, 0.3) is 0 Å². The van der Waals surface area contributed by atoms with Gasteiger partial charge >= 0.3 is 0 Å². The Bertz CT molecular complexity index is 824. The number of hydrogen-bond acceptors (Lipinski definition) is 5. The van der Waals surface area contributed by atoms with Crippen LogP contribution in [0.4, 0.5) is 5.95 Å². The molecule has 130 valence electrons. The lowest BCUT2D eigenvalue weighted by atomic mass is 10.1. The van der Waals surface area contributed by atoms with Crippen molar-refractivity contribution in [3.05, 3.63) is 60.0 Å². The first kappa shape index (κ1) is 18.0. The van der Waals surface area contributed by atoms with Gasteiger partial charge in [0.1, 0.15) is 0 Å². The van der Waals surface area contributed by atoms with Gasteiger partial charge in [-0.25, -0.2) is 9.97 Å². The smallest absolute Gasteiger partial charge is 0.225 e. The van der Waals surface area contributed by atoms with Crippen LogP contribution in [-0.4, -0.2) is 32.6 Å². The van der Waals surface area contributed by atoms with Crippen LogP contribution in [0.5, 0.6) is 0 Å². The standard InChI is InChI=1S/C19H22IN5/c1-14-10-17-5-4-16(11-18(17)24-12-14)15(2)21-8-9-25(13-20)19-22-6-3-7-23-19/h3-7,10-12,15,21H,8-9,13H2,1-2H3. The second-order valence-electron chi connectivity index (χ2n) is 6.07. The molecule has 0 aliphatic carbocycles. The van der Waals surface area contributed by atoms with E-state index in [0.29, 0.717) is 0 Å². The van der Waals surface area contributed by atoms with Crippen LogP contribution in [0.2, 0.25) is 0 Å². The van der Waals surface area contributed by atoms with Crippen molar-refractivity contribution < 1.29 is 0 Å². The van der Waals surface area contributed by atoms with E-state index in [4.69, 9.17) is 0 Å². The highest BCUT2D eigenvalue weighted by Crippen LogP contribution is 2.19. The van der Waals surface area contributed by atoms with Crippen molar-refractivity contribution in [2.45, 2.75) is 19.9 Å². The molecule has 0 fully saturated rings. The molecule has 1 unspecified atom stereocenters. The molecular weight excluding hydrogens is 425 g/mol. The Balaban J connectivity index is 1.60. The van der Waals surface area contributed by atoms with Crippen molar-refractivity contribution >= 4 is 39.4 Å². The molecule has 3 rings (SSSR count). The molecule has 3 aromatic rings. The first-order valence-electron chi connectivity index (χ1n) is 8.35. The van der Waals surface area contributed by atoms with Crippen molar-refractivity contribution in [2.75, 3.05) is 22.5 Å². The minimum atomic E-state index is 0.264. The molecule has 0 radical (unpaired) electrons. The number of aromatic nitrogens is 3. The number of nitrogens with zero attached hydrogens (tertiary/aromatic N) is 4. The summed E-state index contributed by atoms with van der Waals surface area (Å²) in [5, 5.41) is 4.77. The summed E-state index contributed by atoms with van der Waals surface area (Å²) in [5.74, 6) is 0.775. The quantitative estimate of drug-likeness (QED) is 0.339. The molecule has 1 atom stereocenters. The van der Waals surface area contributed by atoms with E-state index in [2.05, 4.69) is 85.9 Å². The van der Waals surface area contributed by atoms with Crippen molar-refractivity contribution in [3.63, 3.8) is 0 Å². The van der Waals surface area contributed by atoms with Gasteiger partial charge in [-0.15, -0.1) is 0 Å². The van der Waals surface area contributed by atoms with Gasteiger partial charge in [0, 0.05) is 43.1 Å². The van der Waals surface area contributed by atoms with E-state index in [1.165, 1.54) is 16.5 Å². The highest BCUT2D eigenvalue weighted by Gasteiger charge is 2.10. The number of rotatable bonds is 7. The van der Waals surface area contributed by atoms with Gasteiger partial charge in [0.15, 0.2) is 0 Å². The molecule has 0 bridgehead atoms. The van der Waals surface area contributed by atoms with Gasteiger partial charge in [0.2, 0.25) is 5.95 Å². The molecule has 0 spiro atoms. The molecule has 1 N–H and O–H groups in total. The summed E-state index contributed by atoms with van der Waals surface area (Å²) in [4.78, 5) is 15.3. The number of fused-ring (bicyclic) bond motifs is 1. The number of halogens is 1. The normalized spacial score (nSPS) is 12.3. The predicted molar refractivity (Wildman–Crippen MR) is 111 cm³/mol. The highest BCUT2D eigenvalue weighted by atomic mass is 127. The summed E-state index contributed by atoms with van der Waals surface area (Å²) in [5.41, 5.74) is 3.48. The fourth-order valence-corrected chi connectivity index (χ4v) is 3.37. The predicted octanol–water partition coefficient (Wildman–Crippen LogP) is 3.88. The van der Waals surface area contributed by atoms with Gasteiger partial charge in [-0.2, -0.15) is 0 Å². The Kier molecular flexibility index (Phi) is 6.14. The zero-order valence-corrected chi connectivity index (χ0v) is 16.6. The zero-order chi connectivity index (χ0) is 17.6. The number of aryl methyl sites for hydroxylation is 1. The van der Waals surface area contributed by atoms with Crippen LogP contribution in [0.3, 0.4) is 0 Å². The molecule has 5 nitrogen and oxygen atoms in total. The minimum Gasteiger partial charge on any atom is -0.330 e. The van der Waals surface area contributed by atoms with E-state index in [9.17, 15) is 0 Å². The Morgan fingerprint density at radius 2 is 1.96 bits per heavy atom. The summed E-state index contributed by atoms with van der Waals surface area (Å²) in [6, 6.07) is 10.8. The minimum absolute atomic E-state index is 0.264. The van der Waals surface area contributed by atoms with Crippen molar-refractivity contribution in [1.82, 2.24) is 20.3 Å². The Labute approximate surface area is 162 Å². The maximum Gasteiger partial charge on any atom is 0.225 e. The molecule has 2 heterocycles. The SMILES string of the molecule is Cc1cnc2cc(C(C)NCCN(CI)c3ncccn3)ccc2c1. The largest absolute Gasteiger partial charge is 0.330 e. The molecule has 0 saturated heterocycles. The number of anilines is 1. The van der Waals surface area contributed by atoms with Crippen LogP contribution in [-0.2, 0) is 0 Å². The van der Waals surface area contributed by atoms with Crippen LogP contribution in [0.25, 0.3) is 10.9 Å². The van der Waals surface area contributed by atoms with Crippen LogP contribution < -0.4 is 10.2 Å². The molecule has 0 aliphatic heterocycles. The first-order valence-corrected chi connectivity index (χ1v) is 9.87. The van der Waals surface area contributed by atoms with Gasteiger partial charge in [-0.3, -0.25) is 4.98 Å². The highest BCUT2D eigenvalue weighted by molar-refractivity contribution is 14.1. The number of alkyl halides is 1.